The van der Waals surface area contributed by atoms with Crippen molar-refractivity contribution in [3.05, 3.63) is 41.7 Å². The largest absolute Gasteiger partial charge is 0.330 e. The van der Waals surface area contributed by atoms with Crippen LogP contribution in [-0.4, -0.2) is 27.3 Å². The molecule has 5 heteroatoms. The van der Waals surface area contributed by atoms with Crippen LogP contribution in [0.4, 0.5) is 0 Å². The molecule has 4 nitrogen and oxygen atoms in total. The maximum Gasteiger partial charge on any atom is 0.0725 e. The third-order valence-electron chi connectivity index (χ3n) is 2.67. The molecule has 1 aromatic carbocycles. The molecule has 0 amide bonds. The van der Waals surface area contributed by atoms with Gasteiger partial charge in [-0.2, -0.15) is 0 Å². The zero-order valence-electron chi connectivity index (χ0n) is 10.5. The molecule has 0 atom stereocenters. The number of nitrogens with zero attached hydrogens (tertiary/aromatic N) is 3. The van der Waals surface area contributed by atoms with E-state index < -0.39 is 0 Å². The molecule has 0 radical (unpaired) electrons. The van der Waals surface area contributed by atoms with Gasteiger partial charge in [-0.1, -0.05) is 24.3 Å². The van der Waals surface area contributed by atoms with Crippen LogP contribution in [0.2, 0.25) is 0 Å². The van der Waals surface area contributed by atoms with Crippen LogP contribution in [0.25, 0.3) is 0 Å². The van der Waals surface area contributed by atoms with Crippen molar-refractivity contribution >= 4 is 11.8 Å². The highest BCUT2D eigenvalue weighted by Crippen LogP contribution is 2.18. The van der Waals surface area contributed by atoms with E-state index in [4.69, 9.17) is 5.73 Å². The maximum absolute atomic E-state index is 5.56. The van der Waals surface area contributed by atoms with Gasteiger partial charge in [-0.25, -0.2) is 4.68 Å². The van der Waals surface area contributed by atoms with Gasteiger partial charge in [0.15, 0.2) is 0 Å². The summed E-state index contributed by atoms with van der Waals surface area (Å²) >= 11 is 1.85. The Bertz CT molecular complexity index is 478. The third kappa shape index (κ3) is 3.34. The topological polar surface area (TPSA) is 56.7 Å². The first kappa shape index (κ1) is 13.1. The predicted molar refractivity (Wildman–Crippen MR) is 74.7 cm³/mol. The van der Waals surface area contributed by atoms with E-state index in [1.165, 1.54) is 10.5 Å². The average molecular weight is 262 g/mol. The van der Waals surface area contributed by atoms with E-state index in [9.17, 15) is 0 Å². The smallest absolute Gasteiger partial charge is 0.0725 e. The van der Waals surface area contributed by atoms with Crippen molar-refractivity contribution in [2.45, 2.75) is 24.8 Å². The number of thioether (sulfide) groups is 1. The van der Waals surface area contributed by atoms with E-state index in [0.29, 0.717) is 6.54 Å². The number of nitrogens with two attached hydrogens (primary N) is 1. The van der Waals surface area contributed by atoms with E-state index in [1.807, 2.05) is 16.4 Å². The zero-order valence-corrected chi connectivity index (χ0v) is 11.4. The fraction of sp³-hybridized carbons (Fsp3) is 0.385. The summed E-state index contributed by atoms with van der Waals surface area (Å²) in [6.45, 7) is 3.54. The van der Waals surface area contributed by atoms with Gasteiger partial charge in [0, 0.05) is 11.3 Å². The monoisotopic (exact) mass is 262 g/mol. The van der Waals surface area contributed by atoms with Crippen molar-refractivity contribution in [3.63, 3.8) is 0 Å². The molecule has 0 aliphatic carbocycles. The van der Waals surface area contributed by atoms with Crippen molar-refractivity contribution in [1.82, 2.24) is 15.0 Å². The molecule has 0 spiro atoms. The van der Waals surface area contributed by atoms with Crippen molar-refractivity contribution in [1.29, 1.82) is 0 Å². The molecule has 96 valence electrons. The second-order valence-corrected chi connectivity index (χ2v) is 5.34. The summed E-state index contributed by atoms with van der Waals surface area (Å²) in [6, 6.07) is 8.60. The van der Waals surface area contributed by atoms with Crippen molar-refractivity contribution in [2.75, 3.05) is 12.3 Å². The van der Waals surface area contributed by atoms with Gasteiger partial charge >= 0.3 is 0 Å². The lowest BCUT2D eigenvalue weighted by molar-refractivity contribution is 0.617. The number of hydrogen-bond donors (Lipinski definition) is 1. The Morgan fingerprint density at radius 2 is 2.06 bits per heavy atom. The second kappa shape index (κ2) is 6.56. The Labute approximate surface area is 112 Å². The quantitative estimate of drug-likeness (QED) is 0.808. The second-order valence-electron chi connectivity index (χ2n) is 4.00. The molecule has 0 aliphatic heterocycles. The van der Waals surface area contributed by atoms with Crippen LogP contribution in [0, 0.1) is 0 Å². The van der Waals surface area contributed by atoms with Crippen molar-refractivity contribution < 1.29 is 0 Å². The Kier molecular flexibility index (Phi) is 4.78. The lowest BCUT2D eigenvalue weighted by atomic mass is 10.2. The average Bonchev–Trinajstić information content (AvgIpc) is 2.80. The molecule has 1 aromatic heterocycles. The first-order valence-electron chi connectivity index (χ1n) is 6.12. The highest BCUT2D eigenvalue weighted by atomic mass is 32.2. The molecule has 1 heterocycles. The summed E-state index contributed by atoms with van der Waals surface area (Å²) in [7, 11) is 0. The summed E-state index contributed by atoms with van der Waals surface area (Å²) in [5.74, 6) is 1.10. The molecule has 18 heavy (non-hydrogen) atoms. The van der Waals surface area contributed by atoms with Gasteiger partial charge in [0.05, 0.1) is 18.4 Å². The van der Waals surface area contributed by atoms with Crippen LogP contribution >= 0.6 is 11.8 Å². The Morgan fingerprint density at radius 1 is 1.28 bits per heavy atom. The van der Waals surface area contributed by atoms with Crippen LogP contribution in [0.3, 0.4) is 0 Å². The number of benzene rings is 1. The maximum atomic E-state index is 5.56. The molecule has 2 rings (SSSR count). The van der Waals surface area contributed by atoms with Crippen LogP contribution < -0.4 is 5.73 Å². The predicted octanol–water partition coefficient (Wildman–Crippen LogP) is 1.94. The first-order chi connectivity index (χ1) is 8.83. The summed E-state index contributed by atoms with van der Waals surface area (Å²) in [6.07, 6.45) is 2.60. The fourth-order valence-electron chi connectivity index (χ4n) is 1.78. The van der Waals surface area contributed by atoms with E-state index in [-0.39, 0.29) is 0 Å². The summed E-state index contributed by atoms with van der Waals surface area (Å²) < 4.78 is 1.91. The summed E-state index contributed by atoms with van der Waals surface area (Å²) in [4.78, 5) is 1.31. The minimum Gasteiger partial charge on any atom is -0.330 e. The Morgan fingerprint density at radius 3 is 2.72 bits per heavy atom. The van der Waals surface area contributed by atoms with Gasteiger partial charge in [0.25, 0.3) is 0 Å². The molecule has 0 saturated heterocycles. The van der Waals surface area contributed by atoms with E-state index >= 15 is 0 Å². The third-order valence-corrected chi connectivity index (χ3v) is 3.56. The minimum absolute atomic E-state index is 0.624. The van der Waals surface area contributed by atoms with Gasteiger partial charge in [0.2, 0.25) is 0 Å². The lowest BCUT2D eigenvalue weighted by Crippen LogP contribution is -2.11. The molecular formula is C13H18N4S. The highest BCUT2D eigenvalue weighted by Gasteiger charge is 2.03. The number of rotatable bonds is 6. The molecule has 2 aromatic rings. The first-order valence-corrected chi connectivity index (χ1v) is 7.11. The van der Waals surface area contributed by atoms with Crippen LogP contribution in [-0.2, 0) is 13.0 Å². The van der Waals surface area contributed by atoms with Crippen molar-refractivity contribution in [3.8, 4) is 0 Å². The molecule has 0 fully saturated rings. The summed E-state index contributed by atoms with van der Waals surface area (Å²) in [5.41, 5.74) is 7.89. The van der Waals surface area contributed by atoms with Gasteiger partial charge < -0.3 is 5.73 Å². The molecule has 0 saturated carbocycles. The molecular weight excluding hydrogens is 244 g/mol. The Hall–Kier alpha value is -1.33. The van der Waals surface area contributed by atoms with Crippen molar-refractivity contribution in [2.24, 2.45) is 5.73 Å². The molecule has 0 bridgehead atoms. The number of aromatic nitrogens is 3. The van der Waals surface area contributed by atoms with Crippen LogP contribution in [0.15, 0.2) is 35.4 Å². The standard InChI is InChI=1S/C13H18N4S/c1-2-18-13-5-3-11(4-6-13)10-17-12(7-8-14)9-15-16-17/h3-6,9H,2,7-8,10,14H2,1H3. The SMILES string of the molecule is CCSc1ccc(Cn2nncc2CCN)cc1. The van der Waals surface area contributed by atoms with Crippen LogP contribution in [0.1, 0.15) is 18.2 Å². The van der Waals surface area contributed by atoms with Gasteiger partial charge in [-0.3, -0.25) is 0 Å². The number of hydrogen-bond acceptors (Lipinski definition) is 4. The van der Waals surface area contributed by atoms with E-state index in [2.05, 4.69) is 41.5 Å². The fourth-order valence-corrected chi connectivity index (χ4v) is 2.45. The molecule has 0 aliphatic rings. The summed E-state index contributed by atoms with van der Waals surface area (Å²) in [5, 5.41) is 8.03. The van der Waals surface area contributed by atoms with E-state index in [1.54, 1.807) is 6.20 Å². The minimum atomic E-state index is 0.624. The lowest BCUT2D eigenvalue weighted by Gasteiger charge is -2.06. The highest BCUT2D eigenvalue weighted by molar-refractivity contribution is 7.99. The van der Waals surface area contributed by atoms with Gasteiger partial charge in [0.1, 0.15) is 0 Å². The molecule has 0 unspecified atom stereocenters. The van der Waals surface area contributed by atoms with Crippen LogP contribution in [0.5, 0.6) is 0 Å². The molecule has 2 N–H and O–H groups in total. The van der Waals surface area contributed by atoms with Gasteiger partial charge in [-0.05, 0) is 30.0 Å². The normalized spacial score (nSPS) is 10.8. The van der Waals surface area contributed by atoms with Gasteiger partial charge in [-0.15, -0.1) is 16.9 Å². The van der Waals surface area contributed by atoms with E-state index in [0.717, 1.165) is 24.4 Å². The Balaban J connectivity index is 2.06. The zero-order chi connectivity index (χ0) is 12.8.